The lowest BCUT2D eigenvalue weighted by Crippen LogP contribution is -2.36. The summed E-state index contributed by atoms with van der Waals surface area (Å²) in [5, 5.41) is 20.3. The first-order chi connectivity index (χ1) is 6.31. The van der Waals surface area contributed by atoms with Gasteiger partial charge in [0.2, 0.25) is 0 Å². The second-order valence-electron chi connectivity index (χ2n) is 3.66. The Kier molecular flexibility index (Phi) is 4.87. The summed E-state index contributed by atoms with van der Waals surface area (Å²) in [4.78, 5) is 11.3. The minimum Gasteiger partial charge on any atom is -0.455 e. The average molecular weight is 224 g/mol. The third-order valence-corrected chi connectivity index (χ3v) is 1.47. The topological polar surface area (TPSA) is 79.1 Å². The Labute approximate surface area is 87.3 Å². The molecule has 0 aromatic carbocycles. The molecule has 0 amide bonds. The van der Waals surface area contributed by atoms with Crippen LogP contribution in [0.4, 0.5) is 0 Å². The molecule has 0 heterocycles. The number of alkyl halides is 1. The Morgan fingerprint density at radius 1 is 1.57 bits per heavy atom. The fourth-order valence-corrected chi connectivity index (χ4v) is 0.793. The van der Waals surface area contributed by atoms with Crippen LogP contribution in [0.2, 0.25) is 0 Å². The number of nitrogens with zero attached hydrogens (tertiary/aromatic N) is 1. The molecule has 0 aliphatic carbocycles. The summed E-state index contributed by atoms with van der Waals surface area (Å²) in [5.41, 5.74) is -1.20. The number of hydrogen-bond donors (Lipinski definition) is 2. The van der Waals surface area contributed by atoms with Gasteiger partial charge in [-0.2, -0.15) is 0 Å². The van der Waals surface area contributed by atoms with Gasteiger partial charge in [0.1, 0.15) is 11.7 Å². The third kappa shape index (κ3) is 4.43. The van der Waals surface area contributed by atoms with Crippen LogP contribution in [0.5, 0.6) is 0 Å². The van der Waals surface area contributed by atoms with E-state index in [0.717, 1.165) is 0 Å². The predicted octanol–water partition coefficient (Wildman–Crippen LogP) is 0.758. The van der Waals surface area contributed by atoms with Gasteiger partial charge in [0.05, 0.1) is 5.88 Å². The van der Waals surface area contributed by atoms with Gasteiger partial charge >= 0.3 is 5.97 Å². The minimum absolute atomic E-state index is 0.237. The van der Waals surface area contributed by atoms with E-state index in [-0.39, 0.29) is 5.88 Å². The number of aliphatic hydroxyl groups excluding tert-OH is 1. The molecular formula is C8H14ClNO4. The lowest BCUT2D eigenvalue weighted by molar-refractivity contribution is -0.146. The number of hydrogen-bond acceptors (Lipinski definition) is 5. The first-order valence-electron chi connectivity index (χ1n) is 4.01. The molecule has 0 fully saturated rings. The maximum atomic E-state index is 11.3. The van der Waals surface area contributed by atoms with Crippen molar-refractivity contribution in [2.75, 3.05) is 5.88 Å². The predicted molar refractivity (Wildman–Crippen MR) is 51.8 cm³/mol. The number of esters is 1. The highest BCUT2D eigenvalue weighted by Crippen LogP contribution is 2.08. The first-order valence-corrected chi connectivity index (χ1v) is 4.54. The van der Waals surface area contributed by atoms with Crippen LogP contribution in [0.3, 0.4) is 0 Å². The van der Waals surface area contributed by atoms with Crippen molar-refractivity contribution in [3.05, 3.63) is 0 Å². The standard InChI is InChI=1S/C8H14ClNO4/c1-8(2,3)14-7(12)6(10-13)5(11)4-9/h5,11,13H,4H2,1-3H3/b10-6-. The summed E-state index contributed by atoms with van der Waals surface area (Å²) in [6.45, 7) is 4.98. The van der Waals surface area contributed by atoms with Crippen molar-refractivity contribution >= 4 is 23.3 Å². The van der Waals surface area contributed by atoms with E-state index in [1.165, 1.54) is 0 Å². The quantitative estimate of drug-likeness (QED) is 0.243. The number of carbonyl (C=O) groups excluding carboxylic acids is 1. The van der Waals surface area contributed by atoms with E-state index in [1.807, 2.05) is 0 Å². The van der Waals surface area contributed by atoms with Crippen LogP contribution in [-0.4, -0.2) is 39.6 Å². The SMILES string of the molecule is CC(C)(C)OC(=O)/C(=N\O)C(O)CCl. The summed E-state index contributed by atoms with van der Waals surface area (Å²) in [5.74, 6) is -1.12. The molecule has 0 aliphatic heterocycles. The molecule has 14 heavy (non-hydrogen) atoms. The fourth-order valence-electron chi connectivity index (χ4n) is 0.647. The third-order valence-electron chi connectivity index (χ3n) is 1.18. The number of halogens is 1. The van der Waals surface area contributed by atoms with E-state index in [0.29, 0.717) is 0 Å². The molecule has 0 aromatic heterocycles. The van der Waals surface area contributed by atoms with E-state index in [9.17, 15) is 4.79 Å². The highest BCUT2D eigenvalue weighted by Gasteiger charge is 2.26. The molecule has 0 saturated heterocycles. The Bertz CT molecular complexity index is 234. The summed E-state index contributed by atoms with van der Waals surface area (Å²) in [6.07, 6.45) is -1.32. The Morgan fingerprint density at radius 3 is 2.36 bits per heavy atom. The van der Waals surface area contributed by atoms with Crippen molar-refractivity contribution in [1.29, 1.82) is 0 Å². The highest BCUT2D eigenvalue weighted by molar-refractivity contribution is 6.39. The van der Waals surface area contributed by atoms with Crippen molar-refractivity contribution in [3.63, 3.8) is 0 Å². The molecule has 0 rings (SSSR count). The zero-order valence-corrected chi connectivity index (χ0v) is 9.08. The molecule has 6 heteroatoms. The molecular weight excluding hydrogens is 210 g/mol. The molecule has 0 radical (unpaired) electrons. The maximum Gasteiger partial charge on any atom is 0.359 e. The van der Waals surface area contributed by atoms with Gasteiger partial charge in [0.15, 0.2) is 5.71 Å². The molecule has 82 valence electrons. The van der Waals surface area contributed by atoms with Gasteiger partial charge < -0.3 is 15.1 Å². The van der Waals surface area contributed by atoms with Crippen molar-refractivity contribution in [2.24, 2.45) is 5.16 Å². The molecule has 1 atom stereocenters. The number of aliphatic hydroxyl groups is 1. The van der Waals surface area contributed by atoms with Crippen LogP contribution in [-0.2, 0) is 9.53 Å². The molecule has 0 bridgehead atoms. The fraction of sp³-hybridized carbons (Fsp3) is 0.750. The smallest absolute Gasteiger partial charge is 0.359 e. The minimum atomic E-state index is -1.32. The molecule has 0 saturated carbocycles. The summed E-state index contributed by atoms with van der Waals surface area (Å²) >= 11 is 5.29. The lowest BCUT2D eigenvalue weighted by Gasteiger charge is -2.20. The maximum absolute atomic E-state index is 11.3. The summed E-state index contributed by atoms with van der Waals surface area (Å²) < 4.78 is 4.87. The van der Waals surface area contributed by atoms with Crippen molar-refractivity contribution in [2.45, 2.75) is 32.5 Å². The lowest BCUT2D eigenvalue weighted by atomic mass is 10.2. The van der Waals surface area contributed by atoms with Crippen LogP contribution < -0.4 is 0 Å². The first kappa shape index (κ1) is 13.2. The zero-order chi connectivity index (χ0) is 11.4. The summed E-state index contributed by atoms with van der Waals surface area (Å²) in [6, 6.07) is 0. The Hall–Kier alpha value is -0.810. The second-order valence-corrected chi connectivity index (χ2v) is 3.97. The van der Waals surface area contributed by atoms with Crippen molar-refractivity contribution in [1.82, 2.24) is 0 Å². The number of rotatable bonds is 3. The van der Waals surface area contributed by atoms with Gasteiger partial charge in [-0.15, -0.1) is 11.6 Å². The van der Waals surface area contributed by atoms with Gasteiger partial charge in [0, 0.05) is 0 Å². The average Bonchev–Trinajstić information content (AvgIpc) is 2.01. The summed E-state index contributed by atoms with van der Waals surface area (Å²) in [7, 11) is 0. The van der Waals surface area contributed by atoms with Gasteiger partial charge in [-0.3, -0.25) is 0 Å². The van der Waals surface area contributed by atoms with Crippen LogP contribution >= 0.6 is 11.6 Å². The zero-order valence-electron chi connectivity index (χ0n) is 8.32. The van der Waals surface area contributed by atoms with Gasteiger partial charge in [-0.25, -0.2) is 4.79 Å². The van der Waals surface area contributed by atoms with E-state index in [2.05, 4.69) is 5.16 Å². The Morgan fingerprint density at radius 2 is 2.07 bits per heavy atom. The van der Waals surface area contributed by atoms with Gasteiger partial charge in [-0.1, -0.05) is 5.16 Å². The van der Waals surface area contributed by atoms with Crippen molar-refractivity contribution < 1.29 is 19.8 Å². The molecule has 1 unspecified atom stereocenters. The van der Waals surface area contributed by atoms with E-state index < -0.39 is 23.4 Å². The molecule has 0 spiro atoms. The van der Waals surface area contributed by atoms with E-state index in [1.54, 1.807) is 20.8 Å². The molecule has 0 aliphatic rings. The molecule has 2 N–H and O–H groups in total. The highest BCUT2D eigenvalue weighted by atomic mass is 35.5. The van der Waals surface area contributed by atoms with Crippen LogP contribution in [0.25, 0.3) is 0 Å². The monoisotopic (exact) mass is 223 g/mol. The van der Waals surface area contributed by atoms with Gasteiger partial charge in [-0.05, 0) is 20.8 Å². The van der Waals surface area contributed by atoms with E-state index >= 15 is 0 Å². The normalized spacial score (nSPS) is 15.1. The second kappa shape index (κ2) is 5.17. The Balaban J connectivity index is 4.51. The molecule has 5 nitrogen and oxygen atoms in total. The number of ether oxygens (including phenoxy) is 1. The van der Waals surface area contributed by atoms with Crippen LogP contribution in [0, 0.1) is 0 Å². The van der Waals surface area contributed by atoms with Crippen molar-refractivity contribution in [3.8, 4) is 0 Å². The molecule has 0 aromatic rings. The van der Waals surface area contributed by atoms with Crippen LogP contribution in [0.15, 0.2) is 5.16 Å². The van der Waals surface area contributed by atoms with E-state index in [4.69, 9.17) is 26.7 Å². The number of oxime groups is 1. The van der Waals surface area contributed by atoms with Gasteiger partial charge in [0.25, 0.3) is 0 Å². The largest absolute Gasteiger partial charge is 0.455 e. The number of carbonyl (C=O) groups is 1. The van der Waals surface area contributed by atoms with Crippen LogP contribution in [0.1, 0.15) is 20.8 Å².